The second-order valence-corrected chi connectivity index (χ2v) is 10.3. The van der Waals surface area contributed by atoms with E-state index in [0.717, 1.165) is 23.1 Å². The number of nitrogens with zero attached hydrogens (tertiary/aromatic N) is 3. The molecular formula is C22H21Cl2N3O3S. The predicted octanol–water partition coefficient (Wildman–Crippen LogP) is 4.53. The van der Waals surface area contributed by atoms with E-state index in [1.807, 2.05) is 37.3 Å². The number of benzene rings is 2. The summed E-state index contributed by atoms with van der Waals surface area (Å²) in [7, 11) is -3.75. The molecule has 0 saturated heterocycles. The van der Waals surface area contributed by atoms with Crippen LogP contribution in [-0.4, -0.2) is 28.5 Å². The topological polar surface area (TPSA) is 72.3 Å². The fraction of sp³-hybridized carbons (Fsp3) is 0.273. The van der Waals surface area contributed by atoms with Crippen molar-refractivity contribution in [2.75, 3.05) is 0 Å². The number of halogens is 2. The standard InChI is InChI=1S/C22H21Cl2N3O3S/c1-15(17-7-8-17)26(14-16-5-3-2-4-6-16)31(29,30)19-11-9-18(10-12-19)27-22(28)21(24)20(23)13-25-27/h2-6,9-13,15,17H,7-8,14H2,1H3. The van der Waals surface area contributed by atoms with Crippen LogP contribution >= 0.6 is 23.2 Å². The molecule has 1 heterocycles. The molecule has 1 fully saturated rings. The zero-order chi connectivity index (χ0) is 22.2. The van der Waals surface area contributed by atoms with Gasteiger partial charge in [-0.15, -0.1) is 0 Å². The quantitative estimate of drug-likeness (QED) is 0.500. The summed E-state index contributed by atoms with van der Waals surface area (Å²) in [6.07, 6.45) is 3.34. The lowest BCUT2D eigenvalue weighted by atomic mass is 10.2. The van der Waals surface area contributed by atoms with E-state index >= 15 is 0 Å². The largest absolute Gasteiger partial charge is 0.291 e. The average molecular weight is 478 g/mol. The highest BCUT2D eigenvalue weighted by atomic mass is 35.5. The predicted molar refractivity (Wildman–Crippen MR) is 121 cm³/mol. The molecule has 4 rings (SSSR count). The summed E-state index contributed by atoms with van der Waals surface area (Å²) in [6.45, 7) is 2.27. The van der Waals surface area contributed by atoms with E-state index in [1.165, 1.54) is 30.5 Å². The third kappa shape index (κ3) is 4.55. The summed E-state index contributed by atoms with van der Waals surface area (Å²) >= 11 is 11.7. The highest BCUT2D eigenvalue weighted by Crippen LogP contribution is 2.38. The number of rotatable bonds is 7. The van der Waals surface area contributed by atoms with Gasteiger partial charge in [-0.3, -0.25) is 4.79 Å². The van der Waals surface area contributed by atoms with E-state index in [2.05, 4.69) is 5.10 Å². The van der Waals surface area contributed by atoms with E-state index in [1.54, 1.807) is 4.31 Å². The molecule has 31 heavy (non-hydrogen) atoms. The van der Waals surface area contributed by atoms with Crippen LogP contribution in [0, 0.1) is 5.92 Å². The molecule has 0 radical (unpaired) electrons. The monoisotopic (exact) mass is 477 g/mol. The van der Waals surface area contributed by atoms with Crippen LogP contribution in [0.1, 0.15) is 25.3 Å². The highest BCUT2D eigenvalue weighted by Gasteiger charge is 2.38. The van der Waals surface area contributed by atoms with Crippen LogP contribution in [0.25, 0.3) is 5.69 Å². The average Bonchev–Trinajstić information content (AvgIpc) is 3.62. The van der Waals surface area contributed by atoms with Crippen LogP contribution in [0.15, 0.2) is 70.5 Å². The summed E-state index contributed by atoms with van der Waals surface area (Å²) in [5, 5.41) is 3.90. The Morgan fingerprint density at radius 3 is 2.35 bits per heavy atom. The molecule has 1 aromatic heterocycles. The zero-order valence-electron chi connectivity index (χ0n) is 16.8. The fourth-order valence-electron chi connectivity index (χ4n) is 3.52. The molecule has 1 aliphatic rings. The zero-order valence-corrected chi connectivity index (χ0v) is 19.1. The van der Waals surface area contributed by atoms with Gasteiger partial charge in [0.1, 0.15) is 5.02 Å². The summed E-state index contributed by atoms with van der Waals surface area (Å²) in [4.78, 5) is 12.5. The Kier molecular flexibility index (Phi) is 6.21. The van der Waals surface area contributed by atoms with Crippen LogP contribution in [-0.2, 0) is 16.6 Å². The van der Waals surface area contributed by atoms with E-state index in [0.29, 0.717) is 18.2 Å². The molecule has 1 unspecified atom stereocenters. The first-order chi connectivity index (χ1) is 14.8. The Morgan fingerprint density at radius 2 is 1.74 bits per heavy atom. The Morgan fingerprint density at radius 1 is 1.10 bits per heavy atom. The number of hydrogen-bond donors (Lipinski definition) is 0. The summed E-state index contributed by atoms with van der Waals surface area (Å²) < 4.78 is 29.7. The van der Waals surface area contributed by atoms with Crippen molar-refractivity contribution in [1.82, 2.24) is 14.1 Å². The van der Waals surface area contributed by atoms with Crippen molar-refractivity contribution in [2.45, 2.75) is 37.2 Å². The van der Waals surface area contributed by atoms with E-state index in [4.69, 9.17) is 23.2 Å². The van der Waals surface area contributed by atoms with Gasteiger partial charge in [-0.25, -0.2) is 8.42 Å². The lowest BCUT2D eigenvalue weighted by Gasteiger charge is -2.28. The third-order valence-corrected chi connectivity index (χ3v) is 8.20. The molecule has 6 nitrogen and oxygen atoms in total. The molecule has 0 bridgehead atoms. The molecule has 0 spiro atoms. The van der Waals surface area contributed by atoms with Gasteiger partial charge in [0.2, 0.25) is 10.0 Å². The SMILES string of the molecule is CC(C1CC1)N(Cc1ccccc1)S(=O)(=O)c1ccc(-n2ncc(Cl)c(Cl)c2=O)cc1. The lowest BCUT2D eigenvalue weighted by Crippen LogP contribution is -2.39. The van der Waals surface area contributed by atoms with Gasteiger partial charge in [0.05, 0.1) is 21.8 Å². The molecular weight excluding hydrogens is 457 g/mol. The maximum atomic E-state index is 13.5. The second-order valence-electron chi connectivity index (χ2n) is 7.63. The number of sulfonamides is 1. The Labute approximate surface area is 191 Å². The smallest absolute Gasteiger partial charge is 0.266 e. The minimum atomic E-state index is -3.75. The van der Waals surface area contributed by atoms with E-state index in [9.17, 15) is 13.2 Å². The van der Waals surface area contributed by atoms with Crippen LogP contribution < -0.4 is 5.56 Å². The van der Waals surface area contributed by atoms with Gasteiger partial charge in [-0.1, -0.05) is 53.5 Å². The molecule has 0 aliphatic heterocycles. The molecule has 1 aliphatic carbocycles. The number of hydrogen-bond acceptors (Lipinski definition) is 4. The minimum Gasteiger partial charge on any atom is -0.266 e. The third-order valence-electron chi connectivity index (χ3n) is 5.50. The summed E-state index contributed by atoms with van der Waals surface area (Å²) in [6, 6.07) is 15.5. The van der Waals surface area contributed by atoms with Crippen molar-refractivity contribution in [3.8, 4) is 5.69 Å². The minimum absolute atomic E-state index is 0.0627. The van der Waals surface area contributed by atoms with Crippen LogP contribution in [0.4, 0.5) is 0 Å². The molecule has 9 heteroatoms. The van der Waals surface area contributed by atoms with E-state index < -0.39 is 15.6 Å². The van der Waals surface area contributed by atoms with E-state index in [-0.39, 0.29) is 21.0 Å². The first-order valence-electron chi connectivity index (χ1n) is 9.88. The molecule has 0 N–H and O–H groups in total. The molecule has 1 atom stereocenters. The van der Waals surface area contributed by atoms with Gasteiger partial charge >= 0.3 is 0 Å². The summed E-state index contributed by atoms with van der Waals surface area (Å²) in [5.41, 5.74) is 0.756. The number of aromatic nitrogens is 2. The van der Waals surface area contributed by atoms with Crippen LogP contribution in [0.3, 0.4) is 0 Å². The van der Waals surface area contributed by atoms with Gasteiger partial charge in [0, 0.05) is 12.6 Å². The van der Waals surface area contributed by atoms with Crippen LogP contribution in [0.5, 0.6) is 0 Å². The van der Waals surface area contributed by atoms with Crippen LogP contribution in [0.2, 0.25) is 10.0 Å². The maximum absolute atomic E-state index is 13.5. The lowest BCUT2D eigenvalue weighted by molar-refractivity contribution is 0.303. The molecule has 2 aromatic carbocycles. The first kappa shape index (κ1) is 22.0. The summed E-state index contributed by atoms with van der Waals surface area (Å²) in [5.74, 6) is 0.372. The Hall–Kier alpha value is -2.19. The van der Waals surface area contributed by atoms with Gasteiger partial charge in [-0.05, 0) is 55.5 Å². The van der Waals surface area contributed by atoms with Gasteiger partial charge in [-0.2, -0.15) is 14.1 Å². The second kappa shape index (κ2) is 8.74. The highest BCUT2D eigenvalue weighted by molar-refractivity contribution is 7.89. The van der Waals surface area contributed by atoms with Crippen molar-refractivity contribution >= 4 is 33.2 Å². The van der Waals surface area contributed by atoms with Crippen molar-refractivity contribution in [3.05, 3.63) is 86.8 Å². The normalized spacial score (nSPS) is 15.2. The van der Waals surface area contributed by atoms with Crippen molar-refractivity contribution in [1.29, 1.82) is 0 Å². The maximum Gasteiger partial charge on any atom is 0.291 e. The molecule has 162 valence electrons. The first-order valence-corrected chi connectivity index (χ1v) is 12.1. The van der Waals surface area contributed by atoms with Crippen molar-refractivity contribution in [2.24, 2.45) is 5.92 Å². The van der Waals surface area contributed by atoms with Crippen molar-refractivity contribution < 1.29 is 8.42 Å². The molecule has 0 amide bonds. The Balaban J connectivity index is 1.67. The fourth-order valence-corrected chi connectivity index (χ4v) is 5.45. The van der Waals surface area contributed by atoms with Gasteiger partial charge in [0.25, 0.3) is 5.56 Å². The molecule has 3 aromatic rings. The molecule has 1 saturated carbocycles. The Bertz CT molecular complexity index is 1240. The van der Waals surface area contributed by atoms with Gasteiger partial charge in [0.15, 0.2) is 0 Å². The van der Waals surface area contributed by atoms with Gasteiger partial charge < -0.3 is 0 Å². The van der Waals surface area contributed by atoms with Crippen molar-refractivity contribution in [3.63, 3.8) is 0 Å².